The summed E-state index contributed by atoms with van der Waals surface area (Å²) < 4.78 is 2.28. The number of carbonyl (C=O) groups excluding carboxylic acids is 2. The molecule has 0 aromatic carbocycles. The fourth-order valence-corrected chi connectivity index (χ4v) is 4.80. The van der Waals surface area contributed by atoms with Gasteiger partial charge in [0.05, 0.1) is 28.8 Å². The molecule has 34 heavy (non-hydrogen) atoms. The predicted octanol–water partition coefficient (Wildman–Crippen LogP) is 5.94. The summed E-state index contributed by atoms with van der Waals surface area (Å²) in [5.41, 5.74) is 6.93. The van der Waals surface area contributed by atoms with Crippen molar-refractivity contribution in [2.45, 2.75) is 60.4 Å². The predicted molar refractivity (Wildman–Crippen MR) is 141 cm³/mol. The number of hydrogen-bond acceptors (Lipinski definition) is 4. The third-order valence-corrected chi connectivity index (χ3v) is 6.58. The van der Waals surface area contributed by atoms with Crippen molar-refractivity contribution in [3.05, 3.63) is 69.8 Å². The van der Waals surface area contributed by atoms with Gasteiger partial charge in [-0.15, -0.1) is 0 Å². The number of nitrogens with zero attached hydrogens (tertiary/aromatic N) is 2. The highest BCUT2D eigenvalue weighted by Gasteiger charge is 2.29. The first-order valence-corrected chi connectivity index (χ1v) is 12.5. The van der Waals surface area contributed by atoms with Gasteiger partial charge in [0, 0.05) is 32.8 Å². The Kier molecular flexibility index (Phi) is 8.34. The topological polar surface area (TPSA) is 74.1 Å². The number of aryl methyl sites for hydroxylation is 1. The van der Waals surface area contributed by atoms with Gasteiger partial charge in [0.25, 0.3) is 5.91 Å². The molecule has 0 bridgehead atoms. The van der Waals surface area contributed by atoms with Crippen molar-refractivity contribution in [2.75, 3.05) is 10.6 Å². The molecular formula is C27H33N4O2S+. The van der Waals surface area contributed by atoms with Crippen molar-refractivity contribution >= 4 is 45.8 Å². The molecule has 6 nitrogen and oxygen atoms in total. The molecule has 3 heterocycles. The van der Waals surface area contributed by atoms with Crippen LogP contribution >= 0.6 is 11.3 Å². The van der Waals surface area contributed by atoms with Gasteiger partial charge < -0.3 is 10.6 Å². The van der Waals surface area contributed by atoms with Crippen LogP contribution < -0.4 is 10.6 Å². The van der Waals surface area contributed by atoms with E-state index in [0.29, 0.717) is 29.1 Å². The van der Waals surface area contributed by atoms with Crippen LogP contribution in [0.25, 0.3) is 5.57 Å². The maximum absolute atomic E-state index is 13.3. The highest BCUT2D eigenvalue weighted by molar-refractivity contribution is 7.08. The van der Waals surface area contributed by atoms with Crippen molar-refractivity contribution in [1.82, 2.24) is 4.98 Å². The van der Waals surface area contributed by atoms with Crippen LogP contribution in [0.4, 0.5) is 11.4 Å². The molecule has 1 unspecified atom stereocenters. The number of hydrogen-bond donors (Lipinski definition) is 2. The molecule has 0 saturated heterocycles. The largest absolute Gasteiger partial charge is 0.325 e. The second-order valence-electron chi connectivity index (χ2n) is 8.38. The molecular weight excluding hydrogens is 444 g/mol. The Morgan fingerprint density at radius 3 is 2.56 bits per heavy atom. The highest BCUT2D eigenvalue weighted by Crippen LogP contribution is 2.26. The minimum Gasteiger partial charge on any atom is -0.325 e. The molecule has 0 saturated carbocycles. The van der Waals surface area contributed by atoms with Crippen LogP contribution in [0, 0.1) is 6.92 Å². The van der Waals surface area contributed by atoms with E-state index in [-0.39, 0.29) is 17.9 Å². The zero-order valence-electron chi connectivity index (χ0n) is 20.7. The van der Waals surface area contributed by atoms with E-state index >= 15 is 0 Å². The number of anilines is 2. The summed E-state index contributed by atoms with van der Waals surface area (Å²) in [5.74, 6) is -0.368. The van der Waals surface area contributed by atoms with E-state index in [1.807, 2.05) is 13.8 Å². The minimum absolute atomic E-state index is 0.150. The van der Waals surface area contributed by atoms with Crippen LogP contribution in [0.1, 0.15) is 58.7 Å². The number of pyridine rings is 1. The number of amides is 2. The van der Waals surface area contributed by atoms with Crippen molar-refractivity contribution in [3.8, 4) is 0 Å². The Balaban J connectivity index is 2.00. The Bertz CT molecular complexity index is 1200. The molecule has 3 rings (SSSR count). The lowest BCUT2D eigenvalue weighted by atomic mass is 10.1. The number of nitrogens with one attached hydrogen (secondary N) is 2. The van der Waals surface area contributed by atoms with Gasteiger partial charge in [-0.1, -0.05) is 19.9 Å². The molecule has 0 spiro atoms. The molecule has 1 aliphatic heterocycles. The molecule has 2 aromatic rings. The zero-order chi connectivity index (χ0) is 24.8. The number of rotatable bonds is 7. The monoisotopic (exact) mass is 477 g/mol. The maximum Gasteiger partial charge on any atom is 0.257 e. The summed E-state index contributed by atoms with van der Waals surface area (Å²) in [6.07, 6.45) is 9.82. The Labute approximate surface area is 205 Å². The van der Waals surface area contributed by atoms with Crippen LogP contribution in [0.5, 0.6) is 0 Å². The molecule has 7 heteroatoms. The number of allylic oxidation sites excluding steroid dienone is 4. The number of thiophene rings is 1. The van der Waals surface area contributed by atoms with Gasteiger partial charge in [0.1, 0.15) is 0 Å². The molecule has 2 N–H and O–H groups in total. The van der Waals surface area contributed by atoms with Gasteiger partial charge in [-0.2, -0.15) is 15.9 Å². The molecule has 0 fully saturated rings. The van der Waals surface area contributed by atoms with E-state index in [1.165, 1.54) is 18.1 Å². The van der Waals surface area contributed by atoms with E-state index < -0.39 is 0 Å². The second-order valence-corrected chi connectivity index (χ2v) is 9.16. The molecule has 178 valence electrons. The third-order valence-electron chi connectivity index (χ3n) is 5.90. The van der Waals surface area contributed by atoms with Gasteiger partial charge in [-0.05, 0) is 54.0 Å². The van der Waals surface area contributed by atoms with Gasteiger partial charge in [-0.3, -0.25) is 14.6 Å². The zero-order valence-corrected chi connectivity index (χ0v) is 21.5. The molecule has 2 amide bonds. The maximum atomic E-state index is 13.3. The van der Waals surface area contributed by atoms with Crippen molar-refractivity contribution < 1.29 is 14.2 Å². The molecule has 0 radical (unpaired) electrons. The van der Waals surface area contributed by atoms with Crippen LogP contribution in [-0.2, 0) is 9.59 Å². The van der Waals surface area contributed by atoms with Crippen molar-refractivity contribution in [1.29, 1.82) is 0 Å². The van der Waals surface area contributed by atoms with Gasteiger partial charge in [0.15, 0.2) is 17.5 Å². The molecule has 1 atom stereocenters. The lowest BCUT2D eigenvalue weighted by Gasteiger charge is -2.16. The SMILES string of the molecule is CC/C(=C(/C)C(=O)Nc1cc(NC(C)=O)cnc1C)[N+]1=C(C)C=C(c2ccsc2)C=CC1CC. The smallest absolute Gasteiger partial charge is 0.257 e. The fraction of sp³-hybridized carbons (Fsp3) is 0.333. The van der Waals surface area contributed by atoms with Crippen molar-refractivity contribution in [3.63, 3.8) is 0 Å². The highest BCUT2D eigenvalue weighted by atomic mass is 32.1. The Hall–Kier alpha value is -3.32. The third kappa shape index (κ3) is 5.78. The van der Waals surface area contributed by atoms with E-state index in [9.17, 15) is 9.59 Å². The lowest BCUT2D eigenvalue weighted by molar-refractivity contribution is -0.509. The Morgan fingerprint density at radius 1 is 1.18 bits per heavy atom. The minimum atomic E-state index is -0.187. The number of carbonyl (C=O) groups is 2. The Morgan fingerprint density at radius 2 is 1.94 bits per heavy atom. The molecule has 1 aliphatic rings. The first-order valence-electron chi connectivity index (χ1n) is 11.6. The normalized spacial score (nSPS) is 16.5. The van der Waals surface area contributed by atoms with Crippen LogP contribution in [0.15, 0.2) is 58.6 Å². The quantitative estimate of drug-likeness (QED) is 0.383. The van der Waals surface area contributed by atoms with Crippen LogP contribution in [0.3, 0.4) is 0 Å². The van der Waals surface area contributed by atoms with Gasteiger partial charge >= 0.3 is 0 Å². The summed E-state index contributed by atoms with van der Waals surface area (Å²) in [6, 6.07) is 4.01. The van der Waals surface area contributed by atoms with Crippen molar-refractivity contribution in [2.24, 2.45) is 0 Å². The van der Waals surface area contributed by atoms with Gasteiger partial charge in [-0.25, -0.2) is 0 Å². The number of aromatic nitrogens is 1. The summed E-state index contributed by atoms with van der Waals surface area (Å²) in [4.78, 5) is 29.0. The van der Waals surface area contributed by atoms with E-state index in [4.69, 9.17) is 0 Å². The standard InChI is InChI=1S/C27H32N4O2S/c1-7-24-10-9-21(22-11-12-34-16-22)13-17(3)31(24)26(8-2)18(4)27(33)30-25-14-23(29-20(6)32)15-28-19(25)5/h9-16,24H,7-8H2,1-6H3,(H-,29,30,32,33)/p+1/b26-18+. The average Bonchev–Trinajstić information content (AvgIpc) is 3.28. The first kappa shape index (κ1) is 25.3. The van der Waals surface area contributed by atoms with E-state index in [1.54, 1.807) is 23.6 Å². The summed E-state index contributed by atoms with van der Waals surface area (Å²) >= 11 is 1.69. The summed E-state index contributed by atoms with van der Waals surface area (Å²) in [7, 11) is 0. The van der Waals surface area contributed by atoms with Crippen LogP contribution in [-0.4, -0.2) is 33.1 Å². The summed E-state index contributed by atoms with van der Waals surface area (Å²) in [5, 5.41) is 9.95. The second kappa shape index (κ2) is 11.2. The fourth-order valence-electron chi connectivity index (χ4n) is 4.14. The van der Waals surface area contributed by atoms with E-state index in [0.717, 1.165) is 17.8 Å². The van der Waals surface area contributed by atoms with E-state index in [2.05, 4.69) is 76.0 Å². The first-order chi connectivity index (χ1) is 16.2. The summed E-state index contributed by atoms with van der Waals surface area (Å²) in [6.45, 7) is 11.5. The van der Waals surface area contributed by atoms with Crippen LogP contribution in [0.2, 0.25) is 0 Å². The molecule has 0 aliphatic carbocycles. The average molecular weight is 478 g/mol. The molecule has 2 aromatic heterocycles. The lowest BCUT2D eigenvalue weighted by Crippen LogP contribution is -2.30. The van der Waals surface area contributed by atoms with Gasteiger partial charge in [0.2, 0.25) is 5.91 Å².